The lowest BCUT2D eigenvalue weighted by molar-refractivity contribution is -0.114. The van der Waals surface area contributed by atoms with Crippen molar-refractivity contribution in [3.63, 3.8) is 0 Å². The molecule has 3 rings (SSSR count). The molecule has 3 aliphatic rings. The van der Waals surface area contributed by atoms with Gasteiger partial charge in [0.2, 0.25) is 0 Å². The topological polar surface area (TPSA) is 24.5 Å². The third kappa shape index (κ3) is 3.95. The Hall–Kier alpha value is 0.230. The van der Waals surface area contributed by atoms with Crippen molar-refractivity contribution in [1.82, 2.24) is 10.2 Å². The molecule has 3 fully saturated rings. The maximum Gasteiger partial charge on any atom is 0.0713 e. The summed E-state index contributed by atoms with van der Waals surface area (Å²) in [6, 6.07) is 2.09. The number of ether oxygens (including phenoxy) is 1. The Morgan fingerprint density at radius 1 is 1.29 bits per heavy atom. The molecule has 1 N–H and O–H groups in total. The van der Waals surface area contributed by atoms with Crippen LogP contribution in [-0.2, 0) is 4.74 Å². The van der Waals surface area contributed by atoms with Gasteiger partial charge in [0.25, 0.3) is 0 Å². The summed E-state index contributed by atoms with van der Waals surface area (Å²) in [5.41, 5.74) is 0.213. The molecule has 3 nitrogen and oxygen atoms in total. The second kappa shape index (κ2) is 7.20. The summed E-state index contributed by atoms with van der Waals surface area (Å²) < 4.78 is 6.28. The Kier molecular flexibility index (Phi) is 5.52. The van der Waals surface area contributed by atoms with Crippen LogP contribution in [0.2, 0.25) is 0 Å². The Balaban J connectivity index is 1.63. The number of nitrogens with zero attached hydrogens (tertiary/aromatic N) is 1. The van der Waals surface area contributed by atoms with Crippen molar-refractivity contribution in [1.29, 1.82) is 0 Å². The van der Waals surface area contributed by atoms with Crippen molar-refractivity contribution in [2.45, 2.75) is 76.1 Å². The fraction of sp³-hybridized carbons (Fsp3) is 1.00. The van der Waals surface area contributed by atoms with Crippen LogP contribution in [0.3, 0.4) is 0 Å². The highest BCUT2D eigenvalue weighted by Crippen LogP contribution is 2.39. The standard InChI is InChI=1S/C17H32N2OS/c1-14(2)19(13-15-4-3-8-18-15)16-5-9-20-17(12-16)6-10-21-11-7-17/h14-16,18H,3-13H2,1-2H3. The molecule has 0 aromatic heterocycles. The molecule has 1 spiro atoms. The van der Waals surface area contributed by atoms with Gasteiger partial charge in [-0.3, -0.25) is 4.90 Å². The van der Waals surface area contributed by atoms with E-state index in [4.69, 9.17) is 4.74 Å². The summed E-state index contributed by atoms with van der Waals surface area (Å²) in [6.07, 6.45) is 7.72. The van der Waals surface area contributed by atoms with Crippen molar-refractivity contribution < 1.29 is 4.74 Å². The van der Waals surface area contributed by atoms with E-state index in [1.807, 2.05) is 0 Å². The van der Waals surface area contributed by atoms with E-state index in [0.717, 1.165) is 12.6 Å². The first-order valence-corrected chi connectivity index (χ1v) is 10.0. The molecule has 2 unspecified atom stereocenters. The van der Waals surface area contributed by atoms with Gasteiger partial charge in [-0.1, -0.05) is 0 Å². The van der Waals surface area contributed by atoms with Crippen LogP contribution in [0.15, 0.2) is 0 Å². The second-order valence-corrected chi connectivity index (χ2v) is 8.60. The molecule has 0 radical (unpaired) electrons. The van der Waals surface area contributed by atoms with Crippen molar-refractivity contribution in [3.8, 4) is 0 Å². The van der Waals surface area contributed by atoms with Gasteiger partial charge in [-0.25, -0.2) is 0 Å². The van der Waals surface area contributed by atoms with E-state index in [0.29, 0.717) is 12.1 Å². The number of hydrogen-bond donors (Lipinski definition) is 1. The lowest BCUT2D eigenvalue weighted by Crippen LogP contribution is -2.54. The number of thioether (sulfide) groups is 1. The van der Waals surface area contributed by atoms with Gasteiger partial charge in [0.1, 0.15) is 0 Å². The number of hydrogen-bond acceptors (Lipinski definition) is 4. The first kappa shape index (κ1) is 16.1. The van der Waals surface area contributed by atoms with Crippen LogP contribution in [0.4, 0.5) is 0 Å². The summed E-state index contributed by atoms with van der Waals surface area (Å²) in [7, 11) is 0. The Labute approximate surface area is 134 Å². The maximum absolute atomic E-state index is 6.28. The maximum atomic E-state index is 6.28. The summed E-state index contributed by atoms with van der Waals surface area (Å²) in [6.45, 7) is 8.15. The van der Waals surface area contributed by atoms with Crippen molar-refractivity contribution in [3.05, 3.63) is 0 Å². The summed E-state index contributed by atoms with van der Waals surface area (Å²) in [5.74, 6) is 2.58. The average molecular weight is 313 g/mol. The molecule has 0 saturated carbocycles. The molecular weight excluding hydrogens is 280 g/mol. The lowest BCUT2D eigenvalue weighted by Gasteiger charge is -2.48. The van der Waals surface area contributed by atoms with E-state index in [1.165, 1.54) is 63.1 Å². The zero-order valence-corrected chi connectivity index (χ0v) is 14.6. The van der Waals surface area contributed by atoms with Gasteiger partial charge in [0.05, 0.1) is 5.60 Å². The van der Waals surface area contributed by atoms with E-state index < -0.39 is 0 Å². The molecule has 3 heterocycles. The fourth-order valence-corrected chi connectivity index (χ4v) is 5.56. The molecule has 4 heteroatoms. The molecule has 122 valence electrons. The van der Waals surface area contributed by atoms with Gasteiger partial charge in [-0.2, -0.15) is 11.8 Å². The van der Waals surface area contributed by atoms with E-state index in [2.05, 4.69) is 35.8 Å². The van der Waals surface area contributed by atoms with Crippen molar-refractivity contribution in [2.24, 2.45) is 0 Å². The van der Waals surface area contributed by atoms with Gasteiger partial charge in [0.15, 0.2) is 0 Å². The van der Waals surface area contributed by atoms with E-state index in [-0.39, 0.29) is 5.60 Å². The quantitative estimate of drug-likeness (QED) is 0.863. The molecule has 3 aliphatic heterocycles. The monoisotopic (exact) mass is 312 g/mol. The van der Waals surface area contributed by atoms with E-state index in [1.54, 1.807) is 0 Å². The molecule has 0 bridgehead atoms. The molecule has 0 aromatic carbocycles. The van der Waals surface area contributed by atoms with Crippen LogP contribution in [0.25, 0.3) is 0 Å². The first-order chi connectivity index (χ1) is 10.2. The SMILES string of the molecule is CC(C)N(CC1CCCN1)C1CCOC2(CCSCC2)C1. The van der Waals surface area contributed by atoms with E-state index in [9.17, 15) is 0 Å². The zero-order chi connectivity index (χ0) is 14.7. The largest absolute Gasteiger partial charge is 0.375 e. The third-order valence-corrected chi connectivity index (χ3v) is 6.58. The molecular formula is C17H32N2OS. The molecule has 21 heavy (non-hydrogen) atoms. The zero-order valence-electron chi connectivity index (χ0n) is 13.8. The predicted molar refractivity (Wildman–Crippen MR) is 91.1 cm³/mol. The molecule has 0 amide bonds. The summed E-state index contributed by atoms with van der Waals surface area (Å²) in [4.78, 5) is 2.77. The highest BCUT2D eigenvalue weighted by Gasteiger charge is 2.41. The van der Waals surface area contributed by atoms with Crippen LogP contribution >= 0.6 is 11.8 Å². The van der Waals surface area contributed by atoms with Gasteiger partial charge in [-0.05, 0) is 70.4 Å². The lowest BCUT2D eigenvalue weighted by atomic mass is 9.84. The molecule has 0 aromatic rings. The molecule has 3 saturated heterocycles. The fourth-order valence-electron chi connectivity index (χ4n) is 4.33. The molecule has 2 atom stereocenters. The normalized spacial score (nSPS) is 33.1. The van der Waals surface area contributed by atoms with Gasteiger partial charge in [-0.15, -0.1) is 0 Å². The van der Waals surface area contributed by atoms with Gasteiger partial charge >= 0.3 is 0 Å². The van der Waals surface area contributed by atoms with Crippen LogP contribution in [0, 0.1) is 0 Å². The number of nitrogens with one attached hydrogen (secondary N) is 1. The highest BCUT2D eigenvalue weighted by molar-refractivity contribution is 7.99. The highest BCUT2D eigenvalue weighted by atomic mass is 32.2. The van der Waals surface area contributed by atoms with Crippen LogP contribution in [-0.4, -0.2) is 59.8 Å². The van der Waals surface area contributed by atoms with E-state index >= 15 is 0 Å². The Morgan fingerprint density at radius 3 is 2.76 bits per heavy atom. The average Bonchev–Trinajstić information content (AvgIpc) is 2.98. The third-order valence-electron chi connectivity index (χ3n) is 5.60. The minimum atomic E-state index is 0.213. The van der Waals surface area contributed by atoms with Crippen LogP contribution in [0.5, 0.6) is 0 Å². The first-order valence-electron chi connectivity index (χ1n) is 8.89. The van der Waals surface area contributed by atoms with Crippen LogP contribution in [0.1, 0.15) is 52.4 Å². The Morgan fingerprint density at radius 2 is 2.10 bits per heavy atom. The second-order valence-electron chi connectivity index (χ2n) is 7.37. The van der Waals surface area contributed by atoms with Gasteiger partial charge in [0, 0.05) is 31.3 Å². The minimum Gasteiger partial charge on any atom is -0.375 e. The predicted octanol–water partition coefficient (Wildman–Crippen LogP) is 2.89. The smallest absolute Gasteiger partial charge is 0.0713 e. The van der Waals surface area contributed by atoms with Crippen molar-refractivity contribution >= 4 is 11.8 Å². The van der Waals surface area contributed by atoms with Gasteiger partial charge < -0.3 is 10.1 Å². The summed E-state index contributed by atoms with van der Waals surface area (Å²) >= 11 is 2.10. The Bertz CT molecular complexity index is 319. The van der Waals surface area contributed by atoms with Crippen LogP contribution < -0.4 is 5.32 Å². The summed E-state index contributed by atoms with van der Waals surface area (Å²) in [5, 5.41) is 3.68. The van der Waals surface area contributed by atoms with Crippen molar-refractivity contribution in [2.75, 3.05) is 31.2 Å². The minimum absolute atomic E-state index is 0.213. The molecule has 0 aliphatic carbocycles. The number of rotatable bonds is 4.